The van der Waals surface area contributed by atoms with Crippen LogP contribution in [0.25, 0.3) is 0 Å². The summed E-state index contributed by atoms with van der Waals surface area (Å²) in [5, 5.41) is 10.5. The Bertz CT molecular complexity index is 1580. The molecule has 0 aromatic heterocycles. The third-order valence-electron chi connectivity index (χ3n) is 14.3. The van der Waals surface area contributed by atoms with E-state index in [0.717, 1.165) is 108 Å². The summed E-state index contributed by atoms with van der Waals surface area (Å²) in [6.07, 6.45) is 35.6. The lowest BCUT2D eigenvalue weighted by atomic mass is 9.99. The molecule has 19 heteroatoms. The van der Waals surface area contributed by atoms with Crippen LogP contribution in [0.2, 0.25) is 0 Å². The van der Waals surface area contributed by atoms with Crippen LogP contribution in [-0.2, 0) is 65.4 Å². The zero-order chi connectivity index (χ0) is 59.4. The maximum atomic E-state index is 13.0. The summed E-state index contributed by atoms with van der Waals surface area (Å²) in [5.41, 5.74) is 0. The molecule has 0 radical (unpaired) electrons. The van der Waals surface area contributed by atoms with Crippen LogP contribution in [0.3, 0.4) is 0 Å². The monoisotopic (exact) mass is 1180 g/mol. The Morgan fingerprint density at radius 1 is 0.362 bits per heavy atom. The largest absolute Gasteiger partial charge is 0.472 e. The molecular formula is C61H118O17P2. The van der Waals surface area contributed by atoms with E-state index in [4.69, 9.17) is 37.0 Å². The van der Waals surface area contributed by atoms with Crippen molar-refractivity contribution in [2.24, 2.45) is 11.8 Å². The Labute approximate surface area is 486 Å². The summed E-state index contributed by atoms with van der Waals surface area (Å²) in [5.74, 6) is -0.571. The molecular weight excluding hydrogens is 1070 g/mol. The van der Waals surface area contributed by atoms with Crippen molar-refractivity contribution < 1.29 is 80.2 Å². The minimum Gasteiger partial charge on any atom is -0.462 e. The average molecular weight is 1190 g/mol. The minimum absolute atomic E-state index is 0.0985. The van der Waals surface area contributed by atoms with Crippen LogP contribution in [-0.4, -0.2) is 96.7 Å². The Hall–Kier alpha value is -1.94. The predicted octanol–water partition coefficient (Wildman–Crippen LogP) is 16.5. The predicted molar refractivity (Wildman–Crippen MR) is 317 cm³/mol. The van der Waals surface area contributed by atoms with Gasteiger partial charge in [-0.25, -0.2) is 9.13 Å². The van der Waals surface area contributed by atoms with Crippen molar-refractivity contribution in [2.45, 2.75) is 317 Å². The zero-order valence-electron chi connectivity index (χ0n) is 51.4. The van der Waals surface area contributed by atoms with Crippen molar-refractivity contribution in [1.82, 2.24) is 0 Å². The summed E-state index contributed by atoms with van der Waals surface area (Å²) >= 11 is 0. The fourth-order valence-corrected chi connectivity index (χ4v) is 10.5. The number of phosphoric acid groups is 2. The highest BCUT2D eigenvalue weighted by Gasteiger charge is 2.30. The van der Waals surface area contributed by atoms with E-state index < -0.39 is 97.5 Å². The van der Waals surface area contributed by atoms with Gasteiger partial charge < -0.3 is 33.8 Å². The van der Waals surface area contributed by atoms with Crippen LogP contribution < -0.4 is 0 Å². The van der Waals surface area contributed by atoms with Crippen molar-refractivity contribution in [3.8, 4) is 0 Å². The van der Waals surface area contributed by atoms with Crippen molar-refractivity contribution in [1.29, 1.82) is 0 Å². The number of aliphatic hydroxyl groups excluding tert-OH is 1. The molecule has 0 bridgehead atoms. The van der Waals surface area contributed by atoms with Gasteiger partial charge in [0.1, 0.15) is 19.3 Å². The van der Waals surface area contributed by atoms with E-state index in [1.807, 2.05) is 0 Å². The third-order valence-corrected chi connectivity index (χ3v) is 16.2. The number of carbonyl (C=O) groups is 4. The molecule has 17 nitrogen and oxygen atoms in total. The molecule has 0 aliphatic rings. The van der Waals surface area contributed by atoms with Gasteiger partial charge in [-0.15, -0.1) is 0 Å². The normalized spacial score (nSPS) is 14.7. The Balaban J connectivity index is 5.10. The first-order valence-corrected chi connectivity index (χ1v) is 35.0. The molecule has 3 unspecified atom stereocenters. The molecule has 80 heavy (non-hydrogen) atoms. The second kappa shape index (κ2) is 53.8. The first-order valence-electron chi connectivity index (χ1n) is 32.0. The topological polar surface area (TPSA) is 237 Å². The smallest absolute Gasteiger partial charge is 0.462 e. The Morgan fingerprint density at radius 3 is 0.950 bits per heavy atom. The number of unbranched alkanes of at least 4 members (excludes halogenated alkanes) is 29. The first kappa shape index (κ1) is 78.1. The van der Waals surface area contributed by atoms with Crippen LogP contribution in [0.5, 0.6) is 0 Å². The summed E-state index contributed by atoms with van der Waals surface area (Å²) in [4.78, 5) is 71.5. The van der Waals surface area contributed by atoms with E-state index in [-0.39, 0.29) is 25.7 Å². The fourth-order valence-electron chi connectivity index (χ4n) is 8.97. The number of esters is 4. The lowest BCUT2D eigenvalue weighted by molar-refractivity contribution is -0.161. The minimum atomic E-state index is -4.94. The zero-order valence-corrected chi connectivity index (χ0v) is 53.2. The van der Waals surface area contributed by atoms with Gasteiger partial charge in [0.15, 0.2) is 12.2 Å². The molecule has 6 atom stereocenters. The number of phosphoric ester groups is 2. The lowest BCUT2D eigenvalue weighted by Crippen LogP contribution is -2.30. The Morgan fingerprint density at radius 2 is 0.637 bits per heavy atom. The second-order valence-electron chi connectivity index (χ2n) is 22.8. The van der Waals surface area contributed by atoms with E-state index in [1.165, 1.54) is 109 Å². The molecule has 0 rings (SSSR count). The Kier molecular flexibility index (Phi) is 52.5. The lowest BCUT2D eigenvalue weighted by Gasteiger charge is -2.21. The molecule has 0 aliphatic heterocycles. The van der Waals surface area contributed by atoms with Crippen LogP contribution in [0.4, 0.5) is 0 Å². The molecule has 0 aliphatic carbocycles. The fraction of sp³-hybridized carbons (Fsp3) is 0.934. The van der Waals surface area contributed by atoms with Crippen molar-refractivity contribution in [3.05, 3.63) is 0 Å². The van der Waals surface area contributed by atoms with Crippen LogP contribution in [0, 0.1) is 11.8 Å². The highest BCUT2D eigenvalue weighted by atomic mass is 31.2. The number of carbonyl (C=O) groups excluding carboxylic acids is 4. The van der Waals surface area contributed by atoms with E-state index in [2.05, 4.69) is 41.5 Å². The van der Waals surface area contributed by atoms with Gasteiger partial charge in [0.25, 0.3) is 0 Å². The summed E-state index contributed by atoms with van der Waals surface area (Å²) in [6, 6.07) is 0. The number of rotatable bonds is 60. The SMILES string of the molecule is CCCCCCCC(=O)OC[C@H](COP(=O)(O)OC[C@H](O)COP(=O)(O)OC[C@@H](COC(=O)CCCCCCCCCCCC(C)C)OC(=O)CCCCCCCCCCCCCCCCC(C)CC)OC(=O)CCCCCCC. The number of ether oxygens (including phenoxy) is 4. The molecule has 0 aromatic carbocycles. The standard InChI is InChI=1S/C61H118O17P2/c1-7-10-12-29-37-43-58(63)71-49-56(77-60(65)45-39-30-13-11-8-2)51-75-79(67,68)73-47-55(62)48-74-80(69,70)76-52-57(50-72-59(64)44-38-33-27-24-20-21-25-31-35-41-53(4)5)78-61(66)46-40-34-28-23-19-17-15-14-16-18-22-26-32-36-42-54(6)9-3/h53-57,62H,7-52H2,1-6H3,(H,67,68)(H,69,70)/t54?,55-,56+,57+/m0/s1. The summed E-state index contributed by atoms with van der Waals surface area (Å²) in [6.45, 7) is 9.32. The highest BCUT2D eigenvalue weighted by molar-refractivity contribution is 7.47. The molecule has 0 heterocycles. The second-order valence-corrected chi connectivity index (χ2v) is 25.7. The third kappa shape index (κ3) is 54.0. The van der Waals surface area contributed by atoms with Gasteiger partial charge in [0, 0.05) is 25.7 Å². The molecule has 0 fully saturated rings. The molecule has 0 aromatic rings. The maximum absolute atomic E-state index is 13.0. The molecule has 474 valence electrons. The molecule has 0 spiro atoms. The van der Waals surface area contributed by atoms with Gasteiger partial charge >= 0.3 is 39.5 Å². The van der Waals surface area contributed by atoms with E-state index in [0.29, 0.717) is 25.7 Å². The van der Waals surface area contributed by atoms with Crippen molar-refractivity contribution >= 4 is 39.5 Å². The molecule has 0 saturated carbocycles. The summed E-state index contributed by atoms with van der Waals surface area (Å²) < 4.78 is 67.4. The van der Waals surface area contributed by atoms with Crippen molar-refractivity contribution in [2.75, 3.05) is 39.6 Å². The average Bonchev–Trinajstić information content (AvgIpc) is 3.42. The van der Waals surface area contributed by atoms with Gasteiger partial charge in [0.05, 0.1) is 26.4 Å². The van der Waals surface area contributed by atoms with Crippen molar-refractivity contribution in [3.63, 3.8) is 0 Å². The van der Waals surface area contributed by atoms with E-state index >= 15 is 0 Å². The van der Waals surface area contributed by atoms with E-state index in [1.54, 1.807) is 0 Å². The quantitative estimate of drug-likeness (QED) is 0.0222. The highest BCUT2D eigenvalue weighted by Crippen LogP contribution is 2.45. The van der Waals surface area contributed by atoms with Gasteiger partial charge in [-0.3, -0.25) is 37.3 Å². The van der Waals surface area contributed by atoms with Crippen LogP contribution >= 0.6 is 15.6 Å². The number of aliphatic hydroxyl groups is 1. The van der Waals surface area contributed by atoms with Crippen LogP contribution in [0.1, 0.15) is 298 Å². The van der Waals surface area contributed by atoms with E-state index in [9.17, 15) is 43.2 Å². The molecule has 3 N–H and O–H groups in total. The van der Waals surface area contributed by atoms with Gasteiger partial charge in [-0.05, 0) is 37.5 Å². The maximum Gasteiger partial charge on any atom is 0.472 e. The molecule has 0 saturated heterocycles. The summed E-state index contributed by atoms with van der Waals surface area (Å²) in [7, 11) is -9.86. The van der Waals surface area contributed by atoms with Gasteiger partial charge in [-0.2, -0.15) is 0 Å². The molecule has 0 amide bonds. The van der Waals surface area contributed by atoms with Gasteiger partial charge in [0.2, 0.25) is 0 Å². The van der Waals surface area contributed by atoms with Gasteiger partial charge in [-0.1, -0.05) is 247 Å². The number of hydrogen-bond donors (Lipinski definition) is 3. The first-order chi connectivity index (χ1) is 38.4. The van der Waals surface area contributed by atoms with Crippen LogP contribution in [0.15, 0.2) is 0 Å². The number of hydrogen-bond acceptors (Lipinski definition) is 15.